The molecule has 1 aliphatic rings. The van der Waals surface area contributed by atoms with Gasteiger partial charge in [-0.1, -0.05) is 6.08 Å². The van der Waals surface area contributed by atoms with Gasteiger partial charge in [0.2, 0.25) is 5.91 Å². The van der Waals surface area contributed by atoms with Gasteiger partial charge in [0, 0.05) is 5.75 Å². The van der Waals surface area contributed by atoms with Crippen molar-refractivity contribution in [2.75, 3.05) is 11.6 Å². The van der Waals surface area contributed by atoms with Crippen LogP contribution in [0.1, 0.15) is 6.92 Å². The number of carboxylic acids is 1. The van der Waals surface area contributed by atoms with Crippen molar-refractivity contribution in [3.05, 3.63) is 12.2 Å². The number of carbonyl (C=O) groups excluding carboxylic acids is 1. The lowest BCUT2D eigenvalue weighted by Gasteiger charge is -2.18. The summed E-state index contributed by atoms with van der Waals surface area (Å²) >= 11 is 1.46. The first-order valence-electron chi connectivity index (χ1n) is 3.90. The van der Waals surface area contributed by atoms with Crippen molar-refractivity contribution in [2.45, 2.75) is 13.0 Å². The van der Waals surface area contributed by atoms with E-state index in [1.165, 1.54) is 22.7 Å². The van der Waals surface area contributed by atoms with Gasteiger partial charge in [0.1, 0.15) is 6.04 Å². The zero-order valence-electron chi connectivity index (χ0n) is 7.27. The number of allylic oxidation sites excluding steroid dienone is 1. The molecule has 0 bridgehead atoms. The normalized spacial score (nSPS) is 22.5. The standard InChI is InChI=1S/C8H11NO3S/c1-2-3-7(10)9-5-13-4-6(9)8(11)12/h2-3,6H,4-5H2,1H3,(H,11,12)/b3-2+. The zero-order valence-corrected chi connectivity index (χ0v) is 8.08. The summed E-state index contributed by atoms with van der Waals surface area (Å²) in [5.74, 6) is -0.193. The fourth-order valence-corrected chi connectivity index (χ4v) is 2.26. The van der Waals surface area contributed by atoms with Crippen molar-refractivity contribution in [3.63, 3.8) is 0 Å². The smallest absolute Gasteiger partial charge is 0.327 e. The maximum absolute atomic E-state index is 11.3. The highest BCUT2D eigenvalue weighted by Gasteiger charge is 2.33. The number of amides is 1. The second-order valence-corrected chi connectivity index (χ2v) is 3.66. The summed E-state index contributed by atoms with van der Waals surface area (Å²) in [6.07, 6.45) is 3.01. The van der Waals surface area contributed by atoms with Gasteiger partial charge >= 0.3 is 5.97 Å². The third-order valence-corrected chi connectivity index (χ3v) is 2.77. The Labute approximate surface area is 80.6 Å². The van der Waals surface area contributed by atoms with Crippen LogP contribution in [-0.2, 0) is 9.59 Å². The molecule has 1 N–H and O–H groups in total. The molecular formula is C8H11NO3S. The van der Waals surface area contributed by atoms with Gasteiger partial charge in [0.25, 0.3) is 0 Å². The Morgan fingerprint density at radius 2 is 2.31 bits per heavy atom. The molecule has 0 aromatic rings. The third-order valence-electron chi connectivity index (χ3n) is 1.76. The minimum atomic E-state index is -0.928. The first-order valence-corrected chi connectivity index (χ1v) is 5.06. The van der Waals surface area contributed by atoms with E-state index in [0.717, 1.165) is 0 Å². The maximum Gasteiger partial charge on any atom is 0.327 e. The number of carboxylic acid groups (broad SMARTS) is 1. The van der Waals surface area contributed by atoms with Crippen LogP contribution in [0.25, 0.3) is 0 Å². The molecule has 1 heterocycles. The summed E-state index contributed by atoms with van der Waals surface area (Å²) < 4.78 is 0. The van der Waals surface area contributed by atoms with Crippen molar-refractivity contribution in [1.29, 1.82) is 0 Å². The van der Waals surface area contributed by atoms with Crippen molar-refractivity contribution in [1.82, 2.24) is 4.90 Å². The summed E-state index contributed by atoms with van der Waals surface area (Å²) in [5, 5.41) is 8.77. The van der Waals surface area contributed by atoms with Gasteiger partial charge in [0.05, 0.1) is 5.88 Å². The van der Waals surface area contributed by atoms with Gasteiger partial charge in [-0.3, -0.25) is 4.79 Å². The van der Waals surface area contributed by atoms with Gasteiger partial charge in [-0.25, -0.2) is 4.79 Å². The monoisotopic (exact) mass is 201 g/mol. The molecule has 0 aliphatic carbocycles. The van der Waals surface area contributed by atoms with Gasteiger partial charge in [0.15, 0.2) is 0 Å². The predicted molar refractivity (Wildman–Crippen MR) is 50.4 cm³/mol. The van der Waals surface area contributed by atoms with Crippen LogP contribution in [-0.4, -0.2) is 39.6 Å². The molecular weight excluding hydrogens is 190 g/mol. The third kappa shape index (κ3) is 2.24. The van der Waals surface area contributed by atoms with Crippen LogP contribution in [0.15, 0.2) is 12.2 Å². The van der Waals surface area contributed by atoms with Crippen molar-refractivity contribution >= 4 is 23.6 Å². The van der Waals surface area contributed by atoms with E-state index in [2.05, 4.69) is 0 Å². The highest BCUT2D eigenvalue weighted by molar-refractivity contribution is 7.99. The Morgan fingerprint density at radius 3 is 2.85 bits per heavy atom. The molecule has 1 amide bonds. The van der Waals surface area contributed by atoms with Crippen LogP contribution in [0.5, 0.6) is 0 Å². The maximum atomic E-state index is 11.3. The van der Waals surface area contributed by atoms with Gasteiger partial charge in [-0.2, -0.15) is 0 Å². The van der Waals surface area contributed by atoms with Gasteiger partial charge in [-0.05, 0) is 13.0 Å². The number of hydrogen-bond acceptors (Lipinski definition) is 3. The molecule has 1 atom stereocenters. The molecule has 1 saturated heterocycles. The first-order chi connectivity index (χ1) is 6.16. The topological polar surface area (TPSA) is 57.6 Å². The van der Waals surface area contributed by atoms with Crippen molar-refractivity contribution < 1.29 is 14.7 Å². The fraction of sp³-hybridized carbons (Fsp3) is 0.500. The lowest BCUT2D eigenvalue weighted by Crippen LogP contribution is -2.40. The van der Waals surface area contributed by atoms with E-state index in [4.69, 9.17) is 5.11 Å². The molecule has 0 saturated carbocycles. The SMILES string of the molecule is C/C=C/C(=O)N1CSCC1C(=O)O. The second kappa shape index (κ2) is 4.32. The van der Waals surface area contributed by atoms with E-state index >= 15 is 0 Å². The Hall–Kier alpha value is -0.970. The largest absolute Gasteiger partial charge is 0.480 e. The summed E-state index contributed by atoms with van der Waals surface area (Å²) in [5.41, 5.74) is 0. The molecule has 72 valence electrons. The van der Waals surface area contributed by atoms with E-state index in [0.29, 0.717) is 11.6 Å². The molecule has 1 rings (SSSR count). The van der Waals surface area contributed by atoms with Crippen molar-refractivity contribution in [2.24, 2.45) is 0 Å². The van der Waals surface area contributed by atoms with Gasteiger partial charge in [-0.15, -0.1) is 11.8 Å². The molecule has 1 aliphatic heterocycles. The number of rotatable bonds is 2. The molecule has 0 spiro atoms. The van der Waals surface area contributed by atoms with Crippen LogP contribution in [0, 0.1) is 0 Å². The summed E-state index contributed by atoms with van der Waals surface area (Å²) in [6.45, 7) is 1.73. The highest BCUT2D eigenvalue weighted by Crippen LogP contribution is 2.21. The Morgan fingerprint density at radius 1 is 1.62 bits per heavy atom. The predicted octanol–water partition coefficient (Wildman–Crippen LogP) is 0.549. The molecule has 4 nitrogen and oxygen atoms in total. The van der Waals surface area contributed by atoms with E-state index in [-0.39, 0.29) is 5.91 Å². The molecule has 0 radical (unpaired) electrons. The minimum Gasteiger partial charge on any atom is -0.480 e. The second-order valence-electron chi connectivity index (χ2n) is 2.66. The number of hydrogen-bond donors (Lipinski definition) is 1. The lowest BCUT2D eigenvalue weighted by molar-refractivity contribution is -0.146. The van der Waals surface area contributed by atoms with Crippen molar-refractivity contribution in [3.8, 4) is 0 Å². The average molecular weight is 201 g/mol. The molecule has 0 aromatic heterocycles. The van der Waals surface area contributed by atoms with Gasteiger partial charge < -0.3 is 10.0 Å². The van der Waals surface area contributed by atoms with Crippen LogP contribution < -0.4 is 0 Å². The van der Waals surface area contributed by atoms with E-state index in [9.17, 15) is 9.59 Å². The van der Waals surface area contributed by atoms with Crippen LogP contribution >= 0.6 is 11.8 Å². The summed E-state index contributed by atoms with van der Waals surface area (Å²) in [6, 6.07) is -0.659. The Kier molecular flexibility index (Phi) is 3.36. The van der Waals surface area contributed by atoms with Crippen LogP contribution in [0.3, 0.4) is 0 Å². The lowest BCUT2D eigenvalue weighted by atomic mass is 10.3. The molecule has 5 heteroatoms. The summed E-state index contributed by atoms with van der Waals surface area (Å²) in [4.78, 5) is 23.4. The number of aliphatic carboxylic acids is 1. The van der Waals surface area contributed by atoms with Crippen LogP contribution in [0.4, 0.5) is 0 Å². The number of carbonyl (C=O) groups is 2. The quantitative estimate of drug-likeness (QED) is 0.663. The Balaban J connectivity index is 2.68. The van der Waals surface area contributed by atoms with E-state index < -0.39 is 12.0 Å². The summed E-state index contributed by atoms with van der Waals surface area (Å²) in [7, 11) is 0. The first kappa shape index (κ1) is 10.1. The van der Waals surface area contributed by atoms with E-state index in [1.807, 2.05) is 0 Å². The van der Waals surface area contributed by atoms with Crippen LogP contribution in [0.2, 0.25) is 0 Å². The van der Waals surface area contributed by atoms with E-state index in [1.54, 1.807) is 13.0 Å². The molecule has 0 aromatic carbocycles. The molecule has 1 unspecified atom stereocenters. The minimum absolute atomic E-state index is 0.222. The molecule has 13 heavy (non-hydrogen) atoms. The number of nitrogens with zero attached hydrogens (tertiary/aromatic N) is 1. The average Bonchev–Trinajstić information content (AvgIpc) is 2.52. The Bertz CT molecular complexity index is 252. The highest BCUT2D eigenvalue weighted by atomic mass is 32.2. The fourth-order valence-electron chi connectivity index (χ4n) is 1.10. The number of thioether (sulfide) groups is 1. The molecule has 1 fully saturated rings. The zero-order chi connectivity index (χ0) is 9.84.